The summed E-state index contributed by atoms with van der Waals surface area (Å²) in [5, 5.41) is 10.2. The van der Waals surface area contributed by atoms with Crippen LogP contribution in [0.15, 0.2) is 53.6 Å². The number of aryl methyl sites for hydroxylation is 1. The van der Waals surface area contributed by atoms with Crippen molar-refractivity contribution in [1.29, 1.82) is 0 Å². The van der Waals surface area contributed by atoms with E-state index in [1.54, 1.807) is 58.2 Å². The molecule has 4 aromatic rings. The Morgan fingerprint density at radius 1 is 1.09 bits per heavy atom. The maximum Gasteiger partial charge on any atom is 0.264 e. The molecular weight excluding hydrogens is 456 g/mol. The van der Waals surface area contributed by atoms with Crippen LogP contribution in [-0.2, 0) is 12.2 Å². The summed E-state index contributed by atoms with van der Waals surface area (Å²) in [6.07, 6.45) is 2.46. The zero-order chi connectivity index (χ0) is 25.3. The lowest BCUT2D eigenvalue weighted by Gasteiger charge is -2.16. The molecule has 0 aliphatic carbocycles. The van der Waals surface area contributed by atoms with Crippen molar-refractivity contribution >= 4 is 0 Å². The fourth-order valence-corrected chi connectivity index (χ4v) is 3.44. The Bertz CT molecular complexity index is 1460. The monoisotopic (exact) mass is 479 g/mol. The van der Waals surface area contributed by atoms with Gasteiger partial charge >= 0.3 is 0 Å². The van der Waals surface area contributed by atoms with Crippen molar-refractivity contribution in [2.24, 2.45) is 0 Å². The molecule has 8 nitrogen and oxygen atoms in total. The Labute approximate surface area is 200 Å². The van der Waals surface area contributed by atoms with Crippen molar-refractivity contribution < 1.29 is 18.6 Å². The molecule has 0 saturated carbocycles. The second-order valence-electron chi connectivity index (χ2n) is 8.48. The van der Waals surface area contributed by atoms with E-state index >= 15 is 0 Å². The van der Waals surface area contributed by atoms with Crippen LogP contribution in [0.25, 0.3) is 16.9 Å². The van der Waals surface area contributed by atoms with Crippen LogP contribution in [0.1, 0.15) is 36.8 Å². The molecule has 4 rings (SSSR count). The third-order valence-corrected chi connectivity index (χ3v) is 5.26. The molecule has 0 radical (unpaired) electrons. The Morgan fingerprint density at radius 2 is 1.86 bits per heavy atom. The van der Waals surface area contributed by atoms with Gasteiger partial charge in [-0.2, -0.15) is 4.98 Å². The summed E-state index contributed by atoms with van der Waals surface area (Å²) < 4.78 is 33.9. The molecule has 0 fully saturated rings. The van der Waals surface area contributed by atoms with Crippen LogP contribution in [0, 0.1) is 25.5 Å². The van der Waals surface area contributed by atoms with Gasteiger partial charge in [-0.3, -0.25) is 14.3 Å². The zero-order valence-electron chi connectivity index (χ0n) is 19.6. The highest BCUT2D eigenvalue weighted by Crippen LogP contribution is 2.24. The molecule has 3 aromatic heterocycles. The fourth-order valence-electron chi connectivity index (χ4n) is 3.44. The molecule has 0 aliphatic rings. The van der Waals surface area contributed by atoms with Crippen LogP contribution in [-0.4, -0.2) is 29.6 Å². The molecule has 0 atom stereocenters. The minimum atomic E-state index is -1.20. The van der Waals surface area contributed by atoms with Gasteiger partial charge in [-0.15, -0.1) is 0 Å². The number of aliphatic hydroxyl groups is 1. The van der Waals surface area contributed by atoms with Crippen LogP contribution in [0.3, 0.4) is 0 Å². The first kappa shape index (κ1) is 24.1. The average molecular weight is 479 g/mol. The lowest BCUT2D eigenvalue weighted by Crippen LogP contribution is -2.25. The van der Waals surface area contributed by atoms with E-state index in [0.29, 0.717) is 23.3 Å². The number of rotatable bonds is 6. The molecule has 180 valence electrons. The Morgan fingerprint density at radius 3 is 2.57 bits per heavy atom. The van der Waals surface area contributed by atoms with Gasteiger partial charge in [0.25, 0.3) is 5.56 Å². The predicted molar refractivity (Wildman–Crippen MR) is 124 cm³/mol. The first-order valence-corrected chi connectivity index (χ1v) is 10.7. The standard InChI is InChI=1S/C25H23F2N5O3/c1-14-22(35-13-21-19(27)11-17(26)12-29-21)30-15(2)32(23(14)33)18-7-5-6-16(10-18)20-8-9-28-24(31-20)25(3,4)34/h5-12,34H,13H2,1-4H3. The third-order valence-electron chi connectivity index (χ3n) is 5.26. The largest absolute Gasteiger partial charge is 0.471 e. The maximum absolute atomic E-state index is 13.9. The Balaban J connectivity index is 1.67. The maximum atomic E-state index is 13.9. The molecule has 0 bridgehead atoms. The number of pyridine rings is 1. The molecule has 1 aromatic carbocycles. The number of hydrogen-bond donors (Lipinski definition) is 1. The summed E-state index contributed by atoms with van der Waals surface area (Å²) in [5.74, 6) is -0.975. The normalized spacial score (nSPS) is 11.5. The van der Waals surface area contributed by atoms with Gasteiger partial charge in [0.15, 0.2) is 11.6 Å². The molecule has 3 heterocycles. The molecule has 0 saturated heterocycles. The molecule has 0 unspecified atom stereocenters. The quantitative estimate of drug-likeness (QED) is 0.449. The van der Waals surface area contributed by atoms with E-state index in [1.807, 2.05) is 6.07 Å². The van der Waals surface area contributed by atoms with Crippen LogP contribution < -0.4 is 10.3 Å². The highest BCUT2D eigenvalue weighted by atomic mass is 19.1. The molecule has 35 heavy (non-hydrogen) atoms. The Kier molecular flexibility index (Phi) is 6.40. The van der Waals surface area contributed by atoms with Crippen LogP contribution in [0.2, 0.25) is 0 Å². The highest BCUT2D eigenvalue weighted by Gasteiger charge is 2.20. The minimum Gasteiger partial charge on any atom is -0.471 e. The van der Waals surface area contributed by atoms with Crippen LogP contribution in [0.5, 0.6) is 5.88 Å². The summed E-state index contributed by atoms with van der Waals surface area (Å²) in [5.41, 5.74) is 0.413. The molecular formula is C25H23F2N5O3. The number of benzene rings is 1. The number of hydrogen-bond acceptors (Lipinski definition) is 7. The van der Waals surface area contributed by atoms with Gasteiger partial charge in [-0.05, 0) is 45.9 Å². The van der Waals surface area contributed by atoms with E-state index in [-0.39, 0.29) is 35.1 Å². The van der Waals surface area contributed by atoms with E-state index in [0.717, 1.165) is 11.8 Å². The Hall–Kier alpha value is -4.05. The summed E-state index contributed by atoms with van der Waals surface area (Å²) in [7, 11) is 0. The minimum absolute atomic E-state index is 0.0380. The van der Waals surface area contributed by atoms with Crippen molar-refractivity contribution in [3.05, 3.63) is 93.7 Å². The van der Waals surface area contributed by atoms with Crippen molar-refractivity contribution in [3.8, 4) is 22.8 Å². The molecule has 10 heteroatoms. The average Bonchev–Trinajstić information content (AvgIpc) is 2.81. The lowest BCUT2D eigenvalue weighted by atomic mass is 10.1. The summed E-state index contributed by atoms with van der Waals surface area (Å²) in [6.45, 7) is 6.09. The first-order valence-electron chi connectivity index (χ1n) is 10.7. The van der Waals surface area contributed by atoms with Gasteiger partial charge < -0.3 is 9.84 Å². The van der Waals surface area contributed by atoms with Crippen LogP contribution in [0.4, 0.5) is 8.78 Å². The lowest BCUT2D eigenvalue weighted by molar-refractivity contribution is 0.0688. The molecule has 0 aliphatic heterocycles. The fraction of sp³-hybridized carbons (Fsp3) is 0.240. The van der Waals surface area contributed by atoms with E-state index in [2.05, 4.69) is 19.9 Å². The SMILES string of the molecule is Cc1c(OCc2ncc(F)cc2F)nc(C)n(-c2cccc(-c3ccnc(C(C)(C)O)n3)c2)c1=O. The van der Waals surface area contributed by atoms with E-state index < -0.39 is 17.2 Å². The van der Waals surface area contributed by atoms with Crippen molar-refractivity contribution in [2.75, 3.05) is 0 Å². The topological polar surface area (TPSA) is 103 Å². The van der Waals surface area contributed by atoms with Gasteiger partial charge in [-0.25, -0.2) is 18.7 Å². The second-order valence-corrected chi connectivity index (χ2v) is 8.48. The van der Waals surface area contributed by atoms with E-state index in [1.165, 1.54) is 4.57 Å². The summed E-state index contributed by atoms with van der Waals surface area (Å²) >= 11 is 0. The first-order chi connectivity index (χ1) is 16.5. The van der Waals surface area contributed by atoms with Crippen molar-refractivity contribution in [1.82, 2.24) is 24.5 Å². The van der Waals surface area contributed by atoms with Crippen molar-refractivity contribution in [3.63, 3.8) is 0 Å². The van der Waals surface area contributed by atoms with Crippen LogP contribution >= 0.6 is 0 Å². The number of ether oxygens (including phenoxy) is 1. The smallest absolute Gasteiger partial charge is 0.264 e. The predicted octanol–water partition coefficient (Wildman–Crippen LogP) is 3.79. The number of aromatic nitrogens is 5. The molecule has 0 amide bonds. The molecule has 1 N–H and O–H groups in total. The number of nitrogens with zero attached hydrogens (tertiary/aromatic N) is 5. The van der Waals surface area contributed by atoms with Crippen molar-refractivity contribution in [2.45, 2.75) is 39.9 Å². The molecule has 0 spiro atoms. The van der Waals surface area contributed by atoms with Gasteiger partial charge in [0, 0.05) is 17.8 Å². The van der Waals surface area contributed by atoms with Gasteiger partial charge in [0.05, 0.1) is 23.1 Å². The van der Waals surface area contributed by atoms with E-state index in [4.69, 9.17) is 4.74 Å². The second kappa shape index (κ2) is 9.30. The summed E-state index contributed by atoms with van der Waals surface area (Å²) in [4.78, 5) is 29.8. The zero-order valence-corrected chi connectivity index (χ0v) is 19.6. The van der Waals surface area contributed by atoms with E-state index in [9.17, 15) is 18.7 Å². The van der Waals surface area contributed by atoms with Gasteiger partial charge in [0.1, 0.15) is 29.5 Å². The summed E-state index contributed by atoms with van der Waals surface area (Å²) in [6, 6.07) is 9.59. The van der Waals surface area contributed by atoms with Gasteiger partial charge in [0.2, 0.25) is 5.88 Å². The third kappa shape index (κ3) is 5.07. The van der Waals surface area contributed by atoms with Gasteiger partial charge in [-0.1, -0.05) is 12.1 Å². The highest BCUT2D eigenvalue weighted by molar-refractivity contribution is 5.62. The number of halogens is 2.